The van der Waals surface area contributed by atoms with Crippen molar-refractivity contribution in [3.8, 4) is 16.9 Å². The van der Waals surface area contributed by atoms with Crippen LogP contribution in [-0.4, -0.2) is 22.8 Å². The number of rotatable bonds is 7. The van der Waals surface area contributed by atoms with Crippen molar-refractivity contribution in [1.29, 1.82) is 0 Å². The summed E-state index contributed by atoms with van der Waals surface area (Å²) in [6.07, 6.45) is 3.74. The van der Waals surface area contributed by atoms with E-state index in [-0.39, 0.29) is 5.91 Å². The number of hydrogen-bond acceptors (Lipinski definition) is 3. The van der Waals surface area contributed by atoms with Gasteiger partial charge in [-0.2, -0.15) is 5.10 Å². The normalized spacial score (nSPS) is 10.6. The maximum absolute atomic E-state index is 12.5. The molecule has 0 bridgehead atoms. The molecule has 1 aromatic heterocycles. The molecule has 0 atom stereocenters. The molecule has 0 radical (unpaired) electrons. The molecule has 0 unspecified atom stereocenters. The molecule has 0 aliphatic carbocycles. The average Bonchev–Trinajstić information content (AvgIpc) is 3.31. The van der Waals surface area contributed by atoms with Gasteiger partial charge in [-0.05, 0) is 52.6 Å². The zero-order valence-corrected chi connectivity index (χ0v) is 16.8. The molecule has 5 heteroatoms. The van der Waals surface area contributed by atoms with Crippen LogP contribution in [-0.2, 0) is 13.1 Å². The summed E-state index contributed by atoms with van der Waals surface area (Å²) >= 11 is 0. The fourth-order valence-corrected chi connectivity index (χ4v) is 3.35. The second kappa shape index (κ2) is 9.09. The van der Waals surface area contributed by atoms with Crippen LogP contribution < -0.4 is 10.1 Å². The summed E-state index contributed by atoms with van der Waals surface area (Å²) in [5.74, 6) is 0.620. The van der Waals surface area contributed by atoms with E-state index in [0.29, 0.717) is 12.1 Å². The van der Waals surface area contributed by atoms with E-state index >= 15 is 0 Å². The number of ether oxygens (including phenoxy) is 1. The van der Waals surface area contributed by atoms with Gasteiger partial charge in [-0.15, -0.1) is 0 Å². The number of methoxy groups -OCH3 is 1. The number of carbonyl (C=O) groups excluding carboxylic acids is 1. The van der Waals surface area contributed by atoms with Crippen LogP contribution in [0.15, 0.2) is 91.3 Å². The van der Waals surface area contributed by atoms with E-state index in [1.54, 1.807) is 37.6 Å². The maximum atomic E-state index is 12.5. The Labute approximate surface area is 175 Å². The van der Waals surface area contributed by atoms with Gasteiger partial charge in [-0.1, -0.05) is 48.5 Å². The highest BCUT2D eigenvalue weighted by molar-refractivity contribution is 5.94. The molecule has 1 N–H and O–H groups in total. The average molecular weight is 397 g/mol. The molecule has 4 aromatic rings. The Kier molecular flexibility index (Phi) is 5.90. The summed E-state index contributed by atoms with van der Waals surface area (Å²) in [6, 6.07) is 25.6. The Morgan fingerprint density at radius 1 is 0.967 bits per heavy atom. The minimum atomic E-state index is -0.109. The molecular weight excluding hydrogens is 374 g/mol. The minimum Gasteiger partial charge on any atom is -0.497 e. The van der Waals surface area contributed by atoms with E-state index in [1.807, 2.05) is 35.1 Å². The number of amides is 1. The van der Waals surface area contributed by atoms with E-state index in [0.717, 1.165) is 29.0 Å². The molecule has 0 saturated heterocycles. The van der Waals surface area contributed by atoms with Gasteiger partial charge in [-0.3, -0.25) is 9.48 Å². The topological polar surface area (TPSA) is 56.1 Å². The number of hydrogen-bond donors (Lipinski definition) is 1. The summed E-state index contributed by atoms with van der Waals surface area (Å²) in [7, 11) is 1.61. The molecule has 0 spiro atoms. The fraction of sp³-hybridized carbons (Fsp3) is 0.120. The second-order valence-corrected chi connectivity index (χ2v) is 6.97. The quantitative estimate of drug-likeness (QED) is 0.498. The summed E-state index contributed by atoms with van der Waals surface area (Å²) in [5.41, 5.74) is 5.09. The van der Waals surface area contributed by atoms with Crippen molar-refractivity contribution < 1.29 is 9.53 Å². The first-order valence-corrected chi connectivity index (χ1v) is 9.80. The SMILES string of the molecule is COc1ccc(C(=O)NCc2ccccc2-c2ccc(Cn3cccn3)cc2)cc1. The molecule has 3 aromatic carbocycles. The number of carbonyl (C=O) groups is 1. The highest BCUT2D eigenvalue weighted by Gasteiger charge is 2.09. The molecule has 0 saturated carbocycles. The third-order valence-electron chi connectivity index (χ3n) is 4.98. The summed E-state index contributed by atoms with van der Waals surface area (Å²) in [4.78, 5) is 12.5. The molecule has 0 fully saturated rings. The Balaban J connectivity index is 1.46. The number of aromatic nitrogens is 2. The number of nitrogens with zero attached hydrogens (tertiary/aromatic N) is 2. The molecular formula is C25H23N3O2. The monoisotopic (exact) mass is 397 g/mol. The smallest absolute Gasteiger partial charge is 0.251 e. The lowest BCUT2D eigenvalue weighted by Gasteiger charge is -2.12. The van der Waals surface area contributed by atoms with Crippen molar-refractivity contribution >= 4 is 5.91 Å². The van der Waals surface area contributed by atoms with E-state index in [9.17, 15) is 4.79 Å². The highest BCUT2D eigenvalue weighted by Crippen LogP contribution is 2.24. The largest absolute Gasteiger partial charge is 0.497 e. The van der Waals surface area contributed by atoms with Gasteiger partial charge in [0.05, 0.1) is 13.7 Å². The van der Waals surface area contributed by atoms with Crippen LogP contribution in [0.3, 0.4) is 0 Å². The number of nitrogens with one attached hydrogen (secondary N) is 1. The molecule has 4 rings (SSSR count). The van der Waals surface area contributed by atoms with Crippen molar-refractivity contribution in [2.24, 2.45) is 0 Å². The second-order valence-electron chi connectivity index (χ2n) is 6.97. The van der Waals surface area contributed by atoms with E-state index < -0.39 is 0 Å². The van der Waals surface area contributed by atoms with Gasteiger partial charge in [0.2, 0.25) is 0 Å². The van der Waals surface area contributed by atoms with Crippen LogP contribution in [0.25, 0.3) is 11.1 Å². The van der Waals surface area contributed by atoms with Crippen LogP contribution in [0, 0.1) is 0 Å². The molecule has 30 heavy (non-hydrogen) atoms. The lowest BCUT2D eigenvalue weighted by Crippen LogP contribution is -2.23. The lowest BCUT2D eigenvalue weighted by atomic mass is 9.98. The van der Waals surface area contributed by atoms with Gasteiger partial charge in [-0.25, -0.2) is 0 Å². The van der Waals surface area contributed by atoms with Crippen molar-refractivity contribution in [1.82, 2.24) is 15.1 Å². The van der Waals surface area contributed by atoms with E-state index in [2.05, 4.69) is 40.7 Å². The summed E-state index contributed by atoms with van der Waals surface area (Å²) in [5, 5.41) is 7.26. The van der Waals surface area contributed by atoms with Gasteiger partial charge < -0.3 is 10.1 Å². The van der Waals surface area contributed by atoms with Gasteiger partial charge in [0.25, 0.3) is 5.91 Å². The molecule has 150 valence electrons. The van der Waals surface area contributed by atoms with E-state index in [1.165, 1.54) is 5.56 Å². The van der Waals surface area contributed by atoms with Crippen molar-refractivity contribution in [2.75, 3.05) is 7.11 Å². The predicted molar refractivity (Wildman–Crippen MR) is 117 cm³/mol. The van der Waals surface area contributed by atoms with E-state index in [4.69, 9.17) is 4.74 Å². The molecule has 1 amide bonds. The van der Waals surface area contributed by atoms with Gasteiger partial charge in [0.1, 0.15) is 5.75 Å². The third kappa shape index (κ3) is 4.58. The molecule has 0 aliphatic rings. The molecule has 5 nitrogen and oxygen atoms in total. The maximum Gasteiger partial charge on any atom is 0.251 e. The zero-order valence-electron chi connectivity index (χ0n) is 16.8. The van der Waals surface area contributed by atoms with Crippen LogP contribution in [0.1, 0.15) is 21.5 Å². The third-order valence-corrected chi connectivity index (χ3v) is 4.98. The van der Waals surface area contributed by atoms with Crippen LogP contribution >= 0.6 is 0 Å². The predicted octanol–water partition coefficient (Wildman–Crippen LogP) is 4.54. The first-order chi connectivity index (χ1) is 14.7. The van der Waals surface area contributed by atoms with Crippen molar-refractivity contribution in [2.45, 2.75) is 13.1 Å². The highest BCUT2D eigenvalue weighted by atomic mass is 16.5. The Hall–Kier alpha value is -3.86. The van der Waals surface area contributed by atoms with Crippen molar-refractivity contribution in [3.63, 3.8) is 0 Å². The van der Waals surface area contributed by atoms with Crippen LogP contribution in [0.2, 0.25) is 0 Å². The van der Waals surface area contributed by atoms with Crippen LogP contribution in [0.5, 0.6) is 5.75 Å². The Morgan fingerprint density at radius 3 is 2.43 bits per heavy atom. The zero-order chi connectivity index (χ0) is 20.8. The fourth-order valence-electron chi connectivity index (χ4n) is 3.35. The van der Waals surface area contributed by atoms with Crippen LogP contribution in [0.4, 0.5) is 0 Å². The van der Waals surface area contributed by atoms with Crippen molar-refractivity contribution in [3.05, 3.63) is 108 Å². The Bertz CT molecular complexity index is 1100. The standard InChI is InChI=1S/C25H23N3O2/c1-30-23-13-11-21(12-14-23)25(29)26-17-22-5-2-3-6-24(22)20-9-7-19(8-10-20)18-28-16-4-15-27-28/h2-16H,17-18H2,1H3,(H,26,29). The number of benzene rings is 3. The first-order valence-electron chi connectivity index (χ1n) is 9.80. The first kappa shape index (κ1) is 19.5. The van der Waals surface area contributed by atoms with Gasteiger partial charge in [0.15, 0.2) is 0 Å². The summed E-state index contributed by atoms with van der Waals surface area (Å²) in [6.45, 7) is 1.20. The molecule has 1 heterocycles. The summed E-state index contributed by atoms with van der Waals surface area (Å²) < 4.78 is 7.04. The minimum absolute atomic E-state index is 0.109. The molecule has 0 aliphatic heterocycles. The Morgan fingerprint density at radius 2 is 1.73 bits per heavy atom. The lowest BCUT2D eigenvalue weighted by molar-refractivity contribution is 0.0951. The van der Waals surface area contributed by atoms with Gasteiger partial charge >= 0.3 is 0 Å². The van der Waals surface area contributed by atoms with Gasteiger partial charge in [0, 0.05) is 24.5 Å².